The fraction of sp³-hybridized carbons (Fsp3) is 0.545. The van der Waals surface area contributed by atoms with Crippen LogP contribution in [0.4, 0.5) is 0 Å². The molecule has 0 aromatic carbocycles. The SMILES string of the molecule is C=CC(=O)NC(CO)(CO)COC(C=C)OC. The number of rotatable bonds is 9. The Kier molecular flexibility index (Phi) is 7.40. The van der Waals surface area contributed by atoms with Crippen molar-refractivity contribution in [2.75, 3.05) is 26.9 Å². The molecule has 6 nitrogen and oxygen atoms in total. The van der Waals surface area contributed by atoms with Crippen LogP contribution in [-0.2, 0) is 14.3 Å². The number of nitrogens with one attached hydrogen (secondary N) is 1. The van der Waals surface area contributed by atoms with Gasteiger partial charge in [0.15, 0.2) is 6.29 Å². The molecule has 0 aliphatic rings. The quantitative estimate of drug-likeness (QED) is 0.281. The highest BCUT2D eigenvalue weighted by Gasteiger charge is 2.31. The molecule has 3 N–H and O–H groups in total. The van der Waals surface area contributed by atoms with Crippen LogP contribution < -0.4 is 5.32 Å². The fourth-order valence-electron chi connectivity index (χ4n) is 1.04. The van der Waals surface area contributed by atoms with Crippen molar-refractivity contribution in [2.45, 2.75) is 11.8 Å². The Morgan fingerprint density at radius 2 is 2.06 bits per heavy atom. The summed E-state index contributed by atoms with van der Waals surface area (Å²) < 4.78 is 10.1. The number of hydrogen-bond acceptors (Lipinski definition) is 5. The topological polar surface area (TPSA) is 88.0 Å². The molecule has 0 rings (SSSR count). The van der Waals surface area contributed by atoms with Gasteiger partial charge in [0.05, 0.1) is 19.8 Å². The Bertz CT molecular complexity index is 263. The molecular weight excluding hydrogens is 226 g/mol. The van der Waals surface area contributed by atoms with Gasteiger partial charge in [0.2, 0.25) is 5.91 Å². The number of carbonyl (C=O) groups is 1. The maximum absolute atomic E-state index is 11.2. The first kappa shape index (κ1) is 15.8. The number of amides is 1. The monoisotopic (exact) mass is 245 g/mol. The first-order valence-corrected chi connectivity index (χ1v) is 5.00. The van der Waals surface area contributed by atoms with Crippen LogP contribution in [-0.4, -0.2) is 54.9 Å². The Balaban J connectivity index is 4.54. The van der Waals surface area contributed by atoms with Crippen LogP contribution >= 0.6 is 0 Å². The molecule has 0 spiro atoms. The highest BCUT2D eigenvalue weighted by Crippen LogP contribution is 2.07. The van der Waals surface area contributed by atoms with Crippen molar-refractivity contribution in [1.82, 2.24) is 5.32 Å². The minimum absolute atomic E-state index is 0.121. The van der Waals surface area contributed by atoms with E-state index >= 15 is 0 Å². The van der Waals surface area contributed by atoms with Gasteiger partial charge < -0.3 is 25.0 Å². The van der Waals surface area contributed by atoms with Gasteiger partial charge in [-0.15, -0.1) is 0 Å². The molecule has 0 saturated carbocycles. The van der Waals surface area contributed by atoms with E-state index in [1.165, 1.54) is 13.2 Å². The van der Waals surface area contributed by atoms with E-state index in [0.717, 1.165) is 6.08 Å². The Labute approximate surface area is 101 Å². The summed E-state index contributed by atoms with van der Waals surface area (Å²) in [5.41, 5.74) is -1.27. The number of methoxy groups -OCH3 is 1. The number of ether oxygens (including phenoxy) is 2. The minimum atomic E-state index is -1.27. The van der Waals surface area contributed by atoms with Crippen LogP contribution in [0.15, 0.2) is 25.3 Å². The van der Waals surface area contributed by atoms with Gasteiger partial charge in [0, 0.05) is 7.11 Å². The van der Waals surface area contributed by atoms with Gasteiger partial charge in [0.1, 0.15) is 5.54 Å². The van der Waals surface area contributed by atoms with Crippen molar-refractivity contribution in [2.24, 2.45) is 0 Å². The summed E-state index contributed by atoms with van der Waals surface area (Å²) in [5, 5.41) is 20.9. The van der Waals surface area contributed by atoms with Crippen LogP contribution in [0.25, 0.3) is 0 Å². The van der Waals surface area contributed by atoms with Gasteiger partial charge in [0.25, 0.3) is 0 Å². The van der Waals surface area contributed by atoms with E-state index < -0.39 is 30.9 Å². The van der Waals surface area contributed by atoms with Crippen molar-refractivity contribution < 1.29 is 24.5 Å². The van der Waals surface area contributed by atoms with Gasteiger partial charge in [-0.3, -0.25) is 4.79 Å². The average molecular weight is 245 g/mol. The van der Waals surface area contributed by atoms with Crippen LogP contribution in [0, 0.1) is 0 Å². The van der Waals surface area contributed by atoms with Crippen LogP contribution in [0.2, 0.25) is 0 Å². The molecule has 1 atom stereocenters. The maximum Gasteiger partial charge on any atom is 0.244 e. The summed E-state index contributed by atoms with van der Waals surface area (Å²) in [6.07, 6.45) is 1.78. The predicted molar refractivity (Wildman–Crippen MR) is 62.2 cm³/mol. The molecule has 0 aliphatic heterocycles. The zero-order valence-corrected chi connectivity index (χ0v) is 9.89. The number of hydrogen-bond donors (Lipinski definition) is 3. The zero-order valence-electron chi connectivity index (χ0n) is 9.89. The lowest BCUT2D eigenvalue weighted by molar-refractivity contribution is -0.132. The largest absolute Gasteiger partial charge is 0.394 e. The third-order valence-corrected chi connectivity index (χ3v) is 2.13. The van der Waals surface area contributed by atoms with E-state index in [1.54, 1.807) is 0 Å². The molecule has 0 bridgehead atoms. The highest BCUT2D eigenvalue weighted by molar-refractivity contribution is 5.87. The van der Waals surface area contributed by atoms with E-state index in [2.05, 4.69) is 18.5 Å². The third-order valence-electron chi connectivity index (χ3n) is 2.13. The normalized spacial score (nSPS) is 12.9. The molecule has 0 aliphatic carbocycles. The second kappa shape index (κ2) is 7.97. The molecule has 17 heavy (non-hydrogen) atoms. The maximum atomic E-state index is 11.2. The molecular formula is C11H19NO5. The average Bonchev–Trinajstić information content (AvgIpc) is 2.38. The molecule has 1 amide bonds. The van der Waals surface area contributed by atoms with Gasteiger partial charge in [-0.25, -0.2) is 0 Å². The lowest BCUT2D eigenvalue weighted by Gasteiger charge is -2.31. The minimum Gasteiger partial charge on any atom is -0.394 e. The lowest BCUT2D eigenvalue weighted by Crippen LogP contribution is -2.57. The first-order valence-electron chi connectivity index (χ1n) is 5.00. The summed E-state index contributed by atoms with van der Waals surface area (Å²) in [4.78, 5) is 11.2. The van der Waals surface area contributed by atoms with Gasteiger partial charge in [-0.2, -0.15) is 0 Å². The third kappa shape index (κ3) is 5.10. The van der Waals surface area contributed by atoms with E-state index in [1.807, 2.05) is 0 Å². The van der Waals surface area contributed by atoms with Crippen molar-refractivity contribution in [3.05, 3.63) is 25.3 Å². The summed E-state index contributed by atoms with van der Waals surface area (Å²) in [7, 11) is 1.42. The molecule has 0 saturated heterocycles. The molecule has 1 unspecified atom stereocenters. The first-order chi connectivity index (χ1) is 8.07. The number of aliphatic hydroxyl groups is 2. The van der Waals surface area contributed by atoms with E-state index in [-0.39, 0.29) is 6.61 Å². The molecule has 98 valence electrons. The standard InChI is InChI=1S/C11H19NO5/c1-4-9(15)12-11(6-13,7-14)8-17-10(5-2)16-3/h4-5,10,13-14H,1-2,6-8H2,3H3,(H,12,15). The lowest BCUT2D eigenvalue weighted by atomic mass is 10.0. The molecule has 0 aromatic rings. The van der Waals surface area contributed by atoms with Crippen LogP contribution in [0.5, 0.6) is 0 Å². The molecule has 6 heteroatoms. The molecule has 0 heterocycles. The summed E-state index contributed by atoms with van der Waals surface area (Å²) in [6.45, 7) is 5.69. The van der Waals surface area contributed by atoms with E-state index in [4.69, 9.17) is 9.47 Å². The Morgan fingerprint density at radius 3 is 2.41 bits per heavy atom. The molecule has 0 aromatic heterocycles. The van der Waals surface area contributed by atoms with E-state index in [9.17, 15) is 15.0 Å². The summed E-state index contributed by atoms with van der Waals surface area (Å²) >= 11 is 0. The van der Waals surface area contributed by atoms with Crippen LogP contribution in [0.1, 0.15) is 0 Å². The highest BCUT2D eigenvalue weighted by atomic mass is 16.7. The number of carbonyl (C=O) groups excluding carboxylic acids is 1. The molecule has 0 radical (unpaired) electrons. The number of aliphatic hydroxyl groups excluding tert-OH is 2. The van der Waals surface area contributed by atoms with Crippen molar-refractivity contribution in [3.8, 4) is 0 Å². The van der Waals surface area contributed by atoms with Gasteiger partial charge >= 0.3 is 0 Å². The van der Waals surface area contributed by atoms with Crippen LogP contribution in [0.3, 0.4) is 0 Å². The second-order valence-corrected chi connectivity index (χ2v) is 3.44. The Morgan fingerprint density at radius 1 is 1.47 bits per heavy atom. The van der Waals surface area contributed by atoms with Crippen molar-refractivity contribution in [3.63, 3.8) is 0 Å². The smallest absolute Gasteiger partial charge is 0.244 e. The Hall–Kier alpha value is -1.21. The second-order valence-electron chi connectivity index (χ2n) is 3.44. The fourth-order valence-corrected chi connectivity index (χ4v) is 1.04. The van der Waals surface area contributed by atoms with Gasteiger partial charge in [-0.1, -0.05) is 13.2 Å². The van der Waals surface area contributed by atoms with Crippen molar-refractivity contribution in [1.29, 1.82) is 0 Å². The predicted octanol–water partition coefficient (Wildman–Crippen LogP) is -0.813. The summed E-state index contributed by atoms with van der Waals surface area (Å²) in [6, 6.07) is 0. The molecule has 0 fully saturated rings. The van der Waals surface area contributed by atoms with E-state index in [0.29, 0.717) is 0 Å². The summed E-state index contributed by atoms with van der Waals surface area (Å²) in [5.74, 6) is -0.510. The zero-order chi connectivity index (χ0) is 13.3. The van der Waals surface area contributed by atoms with Gasteiger partial charge in [-0.05, 0) is 12.2 Å². The van der Waals surface area contributed by atoms with Crippen molar-refractivity contribution >= 4 is 5.91 Å².